The topological polar surface area (TPSA) is 45.1 Å². The third-order valence-electron chi connectivity index (χ3n) is 3.75. The molecule has 3 nitrogen and oxygen atoms in total. The summed E-state index contributed by atoms with van der Waals surface area (Å²) in [6.07, 6.45) is 0. The molecule has 1 saturated heterocycles. The van der Waals surface area contributed by atoms with Gasteiger partial charge in [-0.2, -0.15) is 0 Å². The highest BCUT2D eigenvalue weighted by Gasteiger charge is 2.23. The summed E-state index contributed by atoms with van der Waals surface area (Å²) in [6.45, 7) is 1.39. The average molecular weight is 391 g/mol. The molecule has 2 aromatic carbocycles. The van der Waals surface area contributed by atoms with E-state index >= 15 is 0 Å². The highest BCUT2D eigenvalue weighted by molar-refractivity contribution is 9.10. The largest absolute Gasteiger partial charge is 0.379 e. The van der Waals surface area contributed by atoms with Crippen molar-refractivity contribution in [1.29, 1.82) is 5.41 Å². The second kappa shape index (κ2) is 7.99. The van der Waals surface area contributed by atoms with Crippen molar-refractivity contribution in [3.8, 4) is 0 Å². The van der Waals surface area contributed by atoms with Crippen LogP contribution in [-0.2, 0) is 4.74 Å². The van der Waals surface area contributed by atoms with Gasteiger partial charge in [-0.15, -0.1) is 11.8 Å². The van der Waals surface area contributed by atoms with E-state index in [0.717, 1.165) is 28.0 Å². The molecule has 120 valence electrons. The molecule has 0 bridgehead atoms. The van der Waals surface area contributed by atoms with Gasteiger partial charge in [-0.1, -0.05) is 58.4 Å². The molecular weight excluding hydrogens is 372 g/mol. The Kier molecular flexibility index (Phi) is 5.75. The number of thioether (sulfide) groups is 1. The van der Waals surface area contributed by atoms with Gasteiger partial charge < -0.3 is 10.1 Å². The molecule has 2 atom stereocenters. The summed E-state index contributed by atoms with van der Waals surface area (Å²) in [5, 5.41) is 11.9. The monoisotopic (exact) mass is 390 g/mol. The fraction of sp³-hybridized carbons (Fsp3) is 0.278. The summed E-state index contributed by atoms with van der Waals surface area (Å²) in [7, 11) is 0. The molecule has 2 unspecified atom stereocenters. The molecule has 0 aromatic heterocycles. The first kappa shape index (κ1) is 16.6. The zero-order valence-electron chi connectivity index (χ0n) is 12.7. The van der Waals surface area contributed by atoms with Crippen LogP contribution in [0.3, 0.4) is 0 Å². The molecule has 3 rings (SSSR count). The molecule has 0 radical (unpaired) electrons. The number of hydrogen-bond acceptors (Lipinski definition) is 3. The van der Waals surface area contributed by atoms with Gasteiger partial charge in [-0.25, -0.2) is 0 Å². The van der Waals surface area contributed by atoms with Gasteiger partial charge >= 0.3 is 0 Å². The van der Waals surface area contributed by atoms with Crippen molar-refractivity contribution in [3.05, 3.63) is 70.2 Å². The fourth-order valence-electron chi connectivity index (χ4n) is 2.59. The maximum Gasteiger partial charge on any atom is 0.110 e. The van der Waals surface area contributed by atoms with Gasteiger partial charge in [0.05, 0.1) is 24.5 Å². The van der Waals surface area contributed by atoms with E-state index in [1.165, 1.54) is 0 Å². The number of halogens is 1. The van der Waals surface area contributed by atoms with Gasteiger partial charge in [0.25, 0.3) is 0 Å². The molecular formula is C18H19BrN2OS. The van der Waals surface area contributed by atoms with Crippen LogP contribution in [0.15, 0.2) is 59.1 Å². The zero-order chi connectivity index (χ0) is 16.1. The lowest BCUT2D eigenvalue weighted by molar-refractivity contribution is 0.152. The van der Waals surface area contributed by atoms with Crippen LogP contribution in [0.25, 0.3) is 0 Å². The van der Waals surface area contributed by atoms with Crippen molar-refractivity contribution < 1.29 is 4.74 Å². The van der Waals surface area contributed by atoms with E-state index in [2.05, 4.69) is 45.5 Å². The molecule has 1 aliphatic heterocycles. The number of nitrogens with one attached hydrogen (secondary N) is 2. The van der Waals surface area contributed by atoms with Crippen molar-refractivity contribution in [2.24, 2.45) is 0 Å². The number of rotatable bonds is 4. The standard InChI is InChI=1S/C18H19BrN2OS/c19-15-8-4-7-14(11-15)17(13-5-2-1-3-6-13)21-18(20)16-12-22-9-10-23-16/h1-8,11,16-17H,9-10,12H2,(H2,20,21). The van der Waals surface area contributed by atoms with Crippen LogP contribution in [0, 0.1) is 5.41 Å². The predicted molar refractivity (Wildman–Crippen MR) is 100 cm³/mol. The summed E-state index contributed by atoms with van der Waals surface area (Å²) in [6, 6.07) is 18.5. The molecule has 0 aliphatic carbocycles. The van der Waals surface area contributed by atoms with Gasteiger partial charge in [0.2, 0.25) is 0 Å². The molecule has 1 aliphatic rings. The van der Waals surface area contributed by atoms with Crippen LogP contribution in [0.1, 0.15) is 17.2 Å². The SMILES string of the molecule is N=C(NC(c1ccccc1)c1cccc(Br)c1)C1COCCS1. The smallest absolute Gasteiger partial charge is 0.110 e. The predicted octanol–water partition coefficient (Wildman–Crippen LogP) is 4.24. The first-order chi connectivity index (χ1) is 11.2. The Labute approximate surface area is 149 Å². The molecule has 0 spiro atoms. The zero-order valence-corrected chi connectivity index (χ0v) is 15.1. The van der Waals surface area contributed by atoms with Crippen LogP contribution in [0.4, 0.5) is 0 Å². The first-order valence-electron chi connectivity index (χ1n) is 7.59. The summed E-state index contributed by atoms with van der Waals surface area (Å²) >= 11 is 5.33. The highest BCUT2D eigenvalue weighted by atomic mass is 79.9. The van der Waals surface area contributed by atoms with Gasteiger partial charge in [0.15, 0.2) is 0 Å². The first-order valence-corrected chi connectivity index (χ1v) is 9.43. The normalized spacial score (nSPS) is 19.1. The lowest BCUT2D eigenvalue weighted by Crippen LogP contribution is -2.39. The molecule has 5 heteroatoms. The van der Waals surface area contributed by atoms with E-state index in [4.69, 9.17) is 10.1 Å². The van der Waals surface area contributed by atoms with Crippen molar-refractivity contribution in [1.82, 2.24) is 5.32 Å². The lowest BCUT2D eigenvalue weighted by Gasteiger charge is -2.27. The molecule has 23 heavy (non-hydrogen) atoms. The average Bonchev–Trinajstić information content (AvgIpc) is 2.61. The van der Waals surface area contributed by atoms with E-state index in [1.807, 2.05) is 30.3 Å². The van der Waals surface area contributed by atoms with Crippen LogP contribution >= 0.6 is 27.7 Å². The number of amidine groups is 1. The third kappa shape index (κ3) is 4.37. The Bertz CT molecular complexity index is 659. The van der Waals surface area contributed by atoms with Crippen LogP contribution in [-0.4, -0.2) is 30.1 Å². The van der Waals surface area contributed by atoms with Gasteiger partial charge in [0, 0.05) is 10.2 Å². The Hall–Kier alpha value is -1.30. The van der Waals surface area contributed by atoms with Gasteiger partial charge in [0.1, 0.15) is 5.84 Å². The van der Waals surface area contributed by atoms with E-state index < -0.39 is 0 Å². The highest BCUT2D eigenvalue weighted by Crippen LogP contribution is 2.26. The minimum atomic E-state index is -0.0382. The minimum Gasteiger partial charge on any atom is -0.379 e. The van der Waals surface area contributed by atoms with Crippen LogP contribution in [0.5, 0.6) is 0 Å². The second-order valence-corrected chi connectivity index (χ2v) is 7.62. The lowest BCUT2D eigenvalue weighted by atomic mass is 9.98. The quantitative estimate of drug-likeness (QED) is 0.606. The maximum atomic E-state index is 8.44. The van der Waals surface area contributed by atoms with Crippen molar-refractivity contribution in [2.45, 2.75) is 11.3 Å². The Morgan fingerprint density at radius 3 is 2.65 bits per heavy atom. The summed E-state index contributed by atoms with van der Waals surface area (Å²) in [5.41, 5.74) is 2.29. The van der Waals surface area contributed by atoms with E-state index in [9.17, 15) is 0 Å². The van der Waals surface area contributed by atoms with Gasteiger partial charge in [-0.05, 0) is 23.3 Å². The fourth-order valence-corrected chi connectivity index (χ4v) is 3.94. The van der Waals surface area contributed by atoms with Crippen molar-refractivity contribution >= 4 is 33.5 Å². The van der Waals surface area contributed by atoms with E-state index in [0.29, 0.717) is 12.4 Å². The van der Waals surface area contributed by atoms with Gasteiger partial charge in [-0.3, -0.25) is 5.41 Å². The van der Waals surface area contributed by atoms with Crippen molar-refractivity contribution in [3.63, 3.8) is 0 Å². The molecule has 1 fully saturated rings. The molecule has 1 heterocycles. The molecule has 0 amide bonds. The van der Waals surface area contributed by atoms with Crippen molar-refractivity contribution in [2.75, 3.05) is 19.0 Å². The number of hydrogen-bond donors (Lipinski definition) is 2. The summed E-state index contributed by atoms with van der Waals surface area (Å²) in [4.78, 5) is 0. The Morgan fingerprint density at radius 1 is 1.17 bits per heavy atom. The molecule has 2 N–H and O–H groups in total. The number of benzene rings is 2. The third-order valence-corrected chi connectivity index (χ3v) is 5.42. The van der Waals surface area contributed by atoms with E-state index in [-0.39, 0.29) is 11.3 Å². The molecule has 0 saturated carbocycles. The summed E-state index contributed by atoms with van der Waals surface area (Å²) < 4.78 is 6.55. The minimum absolute atomic E-state index is 0.0382. The Morgan fingerprint density at radius 2 is 1.96 bits per heavy atom. The summed E-state index contributed by atoms with van der Waals surface area (Å²) in [5.74, 6) is 1.48. The maximum absolute atomic E-state index is 8.44. The molecule has 2 aromatic rings. The second-order valence-electron chi connectivity index (χ2n) is 5.39. The van der Waals surface area contributed by atoms with Crippen LogP contribution < -0.4 is 5.32 Å². The van der Waals surface area contributed by atoms with Crippen LogP contribution in [0.2, 0.25) is 0 Å². The van der Waals surface area contributed by atoms with E-state index in [1.54, 1.807) is 11.8 Å². The Balaban J connectivity index is 1.85. The number of ether oxygens (including phenoxy) is 1.